The van der Waals surface area contributed by atoms with Crippen LogP contribution in [-0.2, 0) is 11.3 Å². The summed E-state index contributed by atoms with van der Waals surface area (Å²) >= 11 is 1.66. The van der Waals surface area contributed by atoms with Gasteiger partial charge in [-0.25, -0.2) is 4.79 Å². The fraction of sp³-hybridized carbons (Fsp3) is 0.417. The number of carboxylic acids is 1. The summed E-state index contributed by atoms with van der Waals surface area (Å²) in [4.78, 5) is 13.9. The van der Waals surface area contributed by atoms with Gasteiger partial charge < -0.3 is 5.11 Å². The molecule has 88 valence electrons. The molecule has 0 saturated carbocycles. The van der Waals surface area contributed by atoms with E-state index in [0.29, 0.717) is 6.04 Å². The van der Waals surface area contributed by atoms with E-state index in [4.69, 9.17) is 5.11 Å². The topological polar surface area (TPSA) is 40.5 Å². The third-order valence-corrected chi connectivity index (χ3v) is 3.32. The Morgan fingerprint density at radius 2 is 2.31 bits per heavy atom. The standard InChI is InChI=1S/C12H17NO2S/c1-9(2)13(3)7-11-6-10(8-16-11)4-5-12(14)15/h4-6,8-9H,7H2,1-3H3,(H,14,15). The van der Waals surface area contributed by atoms with Crippen molar-refractivity contribution < 1.29 is 9.90 Å². The van der Waals surface area contributed by atoms with Crippen molar-refractivity contribution in [3.63, 3.8) is 0 Å². The van der Waals surface area contributed by atoms with Gasteiger partial charge in [0.25, 0.3) is 0 Å². The lowest BCUT2D eigenvalue weighted by Gasteiger charge is -2.19. The first kappa shape index (κ1) is 12.9. The Labute approximate surface area is 100 Å². The van der Waals surface area contributed by atoms with Crippen LogP contribution < -0.4 is 0 Å². The van der Waals surface area contributed by atoms with Gasteiger partial charge in [-0.2, -0.15) is 0 Å². The van der Waals surface area contributed by atoms with E-state index >= 15 is 0 Å². The maximum absolute atomic E-state index is 10.4. The molecule has 16 heavy (non-hydrogen) atoms. The zero-order valence-electron chi connectivity index (χ0n) is 9.80. The van der Waals surface area contributed by atoms with Gasteiger partial charge in [0.2, 0.25) is 0 Å². The van der Waals surface area contributed by atoms with E-state index in [-0.39, 0.29) is 0 Å². The van der Waals surface area contributed by atoms with Crippen molar-refractivity contribution >= 4 is 23.4 Å². The molecule has 0 aliphatic rings. The molecule has 1 aromatic rings. The first-order chi connectivity index (χ1) is 7.49. The molecule has 0 aliphatic carbocycles. The molecule has 0 aromatic carbocycles. The van der Waals surface area contributed by atoms with Gasteiger partial charge in [0, 0.05) is 23.5 Å². The molecule has 1 rings (SSSR count). The quantitative estimate of drug-likeness (QED) is 0.803. The van der Waals surface area contributed by atoms with Crippen LogP contribution >= 0.6 is 11.3 Å². The van der Waals surface area contributed by atoms with Crippen molar-refractivity contribution in [2.75, 3.05) is 7.05 Å². The fourth-order valence-corrected chi connectivity index (χ4v) is 2.08. The van der Waals surface area contributed by atoms with E-state index in [1.807, 2.05) is 11.4 Å². The number of aliphatic carboxylic acids is 1. The summed E-state index contributed by atoms with van der Waals surface area (Å²) in [5, 5.41) is 10.5. The van der Waals surface area contributed by atoms with Crippen LogP contribution in [0.3, 0.4) is 0 Å². The molecular formula is C12H17NO2S. The normalized spacial score (nSPS) is 11.8. The number of rotatable bonds is 5. The van der Waals surface area contributed by atoms with Crippen molar-refractivity contribution in [2.45, 2.75) is 26.4 Å². The van der Waals surface area contributed by atoms with Crippen molar-refractivity contribution in [1.82, 2.24) is 4.90 Å². The highest BCUT2D eigenvalue weighted by Gasteiger charge is 2.05. The second-order valence-corrected chi connectivity index (χ2v) is 5.02. The van der Waals surface area contributed by atoms with Gasteiger partial charge in [-0.1, -0.05) is 0 Å². The summed E-state index contributed by atoms with van der Waals surface area (Å²) < 4.78 is 0. The Bertz CT molecular complexity index is 382. The van der Waals surface area contributed by atoms with Gasteiger partial charge in [0.15, 0.2) is 0 Å². The molecule has 1 N–H and O–H groups in total. The molecule has 0 atom stereocenters. The first-order valence-corrected chi connectivity index (χ1v) is 6.05. The van der Waals surface area contributed by atoms with Gasteiger partial charge in [0.05, 0.1) is 0 Å². The summed E-state index contributed by atoms with van der Waals surface area (Å²) in [5.41, 5.74) is 0.958. The van der Waals surface area contributed by atoms with Gasteiger partial charge in [-0.05, 0) is 44.0 Å². The summed E-state index contributed by atoms with van der Waals surface area (Å²) in [6.45, 7) is 5.21. The second-order valence-electron chi connectivity index (χ2n) is 4.03. The Morgan fingerprint density at radius 1 is 1.62 bits per heavy atom. The summed E-state index contributed by atoms with van der Waals surface area (Å²) in [5.74, 6) is -0.910. The molecule has 1 heterocycles. The Kier molecular flexibility index (Phi) is 4.71. The molecule has 1 aromatic heterocycles. The van der Waals surface area contributed by atoms with Crippen LogP contribution in [0.2, 0.25) is 0 Å². The molecule has 0 amide bonds. The number of hydrogen-bond donors (Lipinski definition) is 1. The van der Waals surface area contributed by atoms with E-state index in [1.165, 1.54) is 4.88 Å². The molecule has 0 saturated heterocycles. The van der Waals surface area contributed by atoms with E-state index in [9.17, 15) is 4.79 Å². The minimum atomic E-state index is -0.910. The monoisotopic (exact) mass is 239 g/mol. The molecular weight excluding hydrogens is 222 g/mol. The summed E-state index contributed by atoms with van der Waals surface area (Å²) in [6, 6.07) is 2.54. The predicted molar refractivity (Wildman–Crippen MR) is 67.6 cm³/mol. The molecule has 0 radical (unpaired) electrons. The molecule has 0 bridgehead atoms. The molecule has 0 fully saturated rings. The number of carbonyl (C=O) groups is 1. The van der Waals surface area contributed by atoms with E-state index in [0.717, 1.165) is 18.2 Å². The Balaban J connectivity index is 2.61. The largest absolute Gasteiger partial charge is 0.478 e. The summed E-state index contributed by atoms with van der Waals surface area (Å²) in [6.07, 6.45) is 2.79. The minimum Gasteiger partial charge on any atom is -0.478 e. The Hall–Kier alpha value is -1.13. The van der Waals surface area contributed by atoms with Gasteiger partial charge >= 0.3 is 5.97 Å². The van der Waals surface area contributed by atoms with Crippen molar-refractivity contribution in [1.29, 1.82) is 0 Å². The van der Waals surface area contributed by atoms with Gasteiger partial charge in [0.1, 0.15) is 0 Å². The zero-order valence-corrected chi connectivity index (χ0v) is 10.6. The lowest BCUT2D eigenvalue weighted by Crippen LogP contribution is -2.25. The van der Waals surface area contributed by atoms with Crippen molar-refractivity contribution in [3.05, 3.63) is 28.0 Å². The highest BCUT2D eigenvalue weighted by atomic mass is 32.1. The number of carboxylic acid groups (broad SMARTS) is 1. The van der Waals surface area contributed by atoms with Crippen LogP contribution in [0.4, 0.5) is 0 Å². The van der Waals surface area contributed by atoms with Crippen LogP contribution in [0.15, 0.2) is 17.5 Å². The van der Waals surface area contributed by atoms with E-state index in [2.05, 4.69) is 25.8 Å². The average Bonchev–Trinajstić information content (AvgIpc) is 2.62. The SMILES string of the molecule is CC(C)N(C)Cc1cc(C=CC(=O)O)cs1. The van der Waals surface area contributed by atoms with Gasteiger partial charge in [-0.3, -0.25) is 4.90 Å². The third-order valence-electron chi connectivity index (χ3n) is 2.38. The average molecular weight is 239 g/mol. The van der Waals surface area contributed by atoms with Gasteiger partial charge in [-0.15, -0.1) is 11.3 Å². The zero-order chi connectivity index (χ0) is 12.1. The lowest BCUT2D eigenvalue weighted by atomic mass is 10.2. The molecule has 0 aliphatic heterocycles. The van der Waals surface area contributed by atoms with Crippen molar-refractivity contribution in [3.8, 4) is 0 Å². The fourth-order valence-electron chi connectivity index (χ4n) is 1.16. The van der Waals surface area contributed by atoms with E-state index in [1.54, 1.807) is 17.4 Å². The summed E-state index contributed by atoms with van der Waals surface area (Å²) in [7, 11) is 2.08. The van der Waals surface area contributed by atoms with Crippen LogP contribution in [0.5, 0.6) is 0 Å². The van der Waals surface area contributed by atoms with Crippen LogP contribution in [-0.4, -0.2) is 29.1 Å². The van der Waals surface area contributed by atoms with E-state index < -0.39 is 5.97 Å². The molecule has 0 spiro atoms. The van der Waals surface area contributed by atoms with Crippen LogP contribution in [0.1, 0.15) is 24.3 Å². The molecule has 0 unspecified atom stereocenters. The number of thiophene rings is 1. The third kappa shape index (κ3) is 4.16. The van der Waals surface area contributed by atoms with Crippen LogP contribution in [0, 0.1) is 0 Å². The predicted octanol–water partition coefficient (Wildman–Crippen LogP) is 2.69. The highest BCUT2D eigenvalue weighted by Crippen LogP contribution is 2.18. The number of nitrogens with zero attached hydrogens (tertiary/aromatic N) is 1. The first-order valence-electron chi connectivity index (χ1n) is 5.17. The second kappa shape index (κ2) is 5.82. The highest BCUT2D eigenvalue weighted by molar-refractivity contribution is 7.10. The molecule has 4 heteroatoms. The lowest BCUT2D eigenvalue weighted by molar-refractivity contribution is -0.131. The molecule has 3 nitrogen and oxygen atoms in total. The maximum Gasteiger partial charge on any atom is 0.328 e. The van der Waals surface area contributed by atoms with Crippen LogP contribution in [0.25, 0.3) is 6.08 Å². The Morgan fingerprint density at radius 3 is 2.88 bits per heavy atom. The minimum absolute atomic E-state index is 0.514. The smallest absolute Gasteiger partial charge is 0.328 e. The number of hydrogen-bond acceptors (Lipinski definition) is 3. The van der Waals surface area contributed by atoms with Crippen molar-refractivity contribution in [2.24, 2.45) is 0 Å². The maximum atomic E-state index is 10.4.